The monoisotopic (exact) mass is 505 g/mol. The van der Waals surface area contributed by atoms with E-state index in [1.54, 1.807) is 25.3 Å². The SMILES string of the molecule is Cc1ccc(-c2nc3c4cnn(CCN5CCN(c6cc([C@H](C)O)ccc6F)CC5)c4nc(N)n3n2)o1. The van der Waals surface area contributed by atoms with Gasteiger partial charge in [0.25, 0.3) is 0 Å². The molecule has 5 heterocycles. The Morgan fingerprint density at radius 2 is 1.89 bits per heavy atom. The van der Waals surface area contributed by atoms with E-state index < -0.39 is 6.10 Å². The Morgan fingerprint density at radius 1 is 1.08 bits per heavy atom. The summed E-state index contributed by atoms with van der Waals surface area (Å²) < 4.78 is 23.5. The number of halogens is 1. The van der Waals surface area contributed by atoms with Gasteiger partial charge in [-0.15, -0.1) is 5.10 Å². The van der Waals surface area contributed by atoms with E-state index in [-0.39, 0.29) is 11.8 Å². The Balaban J connectivity index is 1.16. The maximum absolute atomic E-state index is 14.5. The number of piperazine rings is 1. The molecule has 5 aromatic rings. The molecule has 12 heteroatoms. The number of benzene rings is 1. The van der Waals surface area contributed by atoms with Gasteiger partial charge in [-0.25, -0.2) is 14.1 Å². The highest BCUT2D eigenvalue weighted by molar-refractivity contribution is 5.90. The molecule has 1 fully saturated rings. The van der Waals surface area contributed by atoms with Gasteiger partial charge in [-0.2, -0.15) is 14.6 Å². The van der Waals surface area contributed by atoms with E-state index in [1.165, 1.54) is 10.6 Å². The van der Waals surface area contributed by atoms with Gasteiger partial charge in [0.2, 0.25) is 11.8 Å². The smallest absolute Gasteiger partial charge is 0.225 e. The number of nitrogens with zero attached hydrogens (tertiary/aromatic N) is 8. The van der Waals surface area contributed by atoms with E-state index in [9.17, 15) is 9.50 Å². The number of aromatic nitrogens is 6. The zero-order valence-electron chi connectivity index (χ0n) is 20.7. The number of nitrogen functional groups attached to an aromatic ring is 1. The summed E-state index contributed by atoms with van der Waals surface area (Å²) >= 11 is 0. The van der Waals surface area contributed by atoms with Crippen LogP contribution in [0.5, 0.6) is 0 Å². The molecule has 1 atom stereocenters. The normalized spacial score (nSPS) is 15.7. The maximum atomic E-state index is 14.5. The van der Waals surface area contributed by atoms with Crippen LogP contribution in [0.4, 0.5) is 16.0 Å². The van der Waals surface area contributed by atoms with Crippen molar-refractivity contribution in [3.05, 3.63) is 53.7 Å². The molecule has 1 aliphatic rings. The summed E-state index contributed by atoms with van der Waals surface area (Å²) in [5, 5.41) is 19.6. The number of rotatable bonds is 6. The molecule has 0 saturated carbocycles. The number of furan rings is 1. The van der Waals surface area contributed by atoms with Gasteiger partial charge >= 0.3 is 0 Å². The van der Waals surface area contributed by atoms with Crippen molar-refractivity contribution in [3.63, 3.8) is 0 Å². The van der Waals surface area contributed by atoms with Crippen molar-refractivity contribution < 1.29 is 13.9 Å². The molecule has 1 aromatic carbocycles. The Bertz CT molecular complexity index is 1580. The molecule has 37 heavy (non-hydrogen) atoms. The molecule has 0 radical (unpaired) electrons. The van der Waals surface area contributed by atoms with Crippen molar-refractivity contribution in [1.82, 2.24) is 34.3 Å². The second-order valence-electron chi connectivity index (χ2n) is 9.37. The minimum absolute atomic E-state index is 0.223. The Morgan fingerprint density at radius 3 is 2.62 bits per heavy atom. The third kappa shape index (κ3) is 4.27. The average Bonchev–Trinajstić information content (AvgIpc) is 3.62. The van der Waals surface area contributed by atoms with Crippen molar-refractivity contribution in [3.8, 4) is 11.6 Å². The third-order valence-corrected chi connectivity index (χ3v) is 6.85. The standard InChI is InChI=1S/C25H28FN9O2/c1-15-3-6-21(37-15)22-29-24-18-14-28-34(23(18)30-25(27)35(24)31-22)12-9-32-7-10-33(11-8-32)20-13-17(16(2)36)4-5-19(20)26/h3-6,13-14,16,36H,7-12H2,1-2H3,(H2,27,30)/t16-/m0/s1. The lowest BCUT2D eigenvalue weighted by Gasteiger charge is -2.36. The lowest BCUT2D eigenvalue weighted by atomic mass is 10.1. The van der Waals surface area contributed by atoms with Crippen LogP contribution in [-0.2, 0) is 6.54 Å². The van der Waals surface area contributed by atoms with E-state index in [0.29, 0.717) is 53.8 Å². The summed E-state index contributed by atoms with van der Waals surface area (Å²) in [5.41, 5.74) is 8.69. The second kappa shape index (κ2) is 9.12. The quantitative estimate of drug-likeness (QED) is 0.358. The van der Waals surface area contributed by atoms with Crippen molar-refractivity contribution in [1.29, 1.82) is 0 Å². The molecule has 4 aromatic heterocycles. The fourth-order valence-electron chi connectivity index (χ4n) is 4.76. The zero-order valence-corrected chi connectivity index (χ0v) is 20.7. The van der Waals surface area contributed by atoms with E-state index in [2.05, 4.69) is 25.1 Å². The largest absolute Gasteiger partial charge is 0.458 e. The van der Waals surface area contributed by atoms with Crippen LogP contribution in [-0.4, -0.2) is 72.1 Å². The lowest BCUT2D eigenvalue weighted by molar-refractivity contribution is 0.199. The molecule has 1 saturated heterocycles. The summed E-state index contributed by atoms with van der Waals surface area (Å²) in [4.78, 5) is 13.5. The van der Waals surface area contributed by atoms with Gasteiger partial charge in [-0.1, -0.05) is 6.07 Å². The number of hydrogen-bond acceptors (Lipinski definition) is 9. The number of anilines is 2. The summed E-state index contributed by atoms with van der Waals surface area (Å²) in [5.74, 6) is 1.74. The molecular formula is C25H28FN9O2. The Kier molecular flexibility index (Phi) is 5.76. The highest BCUT2D eigenvalue weighted by Crippen LogP contribution is 2.26. The summed E-state index contributed by atoms with van der Waals surface area (Å²) in [6, 6.07) is 8.48. The molecule has 0 unspecified atom stereocenters. The predicted molar refractivity (Wildman–Crippen MR) is 137 cm³/mol. The van der Waals surface area contributed by atoms with Crippen LogP contribution in [0.25, 0.3) is 28.3 Å². The number of nitrogens with two attached hydrogens (primary N) is 1. The van der Waals surface area contributed by atoms with E-state index >= 15 is 0 Å². The molecule has 0 aliphatic carbocycles. The number of aliphatic hydroxyl groups excluding tert-OH is 1. The van der Waals surface area contributed by atoms with Crippen LogP contribution in [0.3, 0.4) is 0 Å². The topological polar surface area (TPSA) is 127 Å². The van der Waals surface area contributed by atoms with Crippen molar-refractivity contribution in [2.24, 2.45) is 0 Å². The second-order valence-corrected chi connectivity index (χ2v) is 9.37. The zero-order chi connectivity index (χ0) is 25.7. The number of fused-ring (bicyclic) bond motifs is 3. The lowest BCUT2D eigenvalue weighted by Crippen LogP contribution is -2.47. The first-order chi connectivity index (χ1) is 17.9. The van der Waals surface area contributed by atoms with E-state index in [0.717, 1.165) is 30.8 Å². The van der Waals surface area contributed by atoms with Gasteiger partial charge in [0.05, 0.1) is 29.9 Å². The van der Waals surface area contributed by atoms with Crippen LogP contribution in [0, 0.1) is 12.7 Å². The minimum Gasteiger partial charge on any atom is -0.458 e. The molecule has 1 aliphatic heterocycles. The van der Waals surface area contributed by atoms with Crippen LogP contribution < -0.4 is 10.6 Å². The first-order valence-electron chi connectivity index (χ1n) is 12.3. The molecular weight excluding hydrogens is 477 g/mol. The van der Waals surface area contributed by atoms with Gasteiger partial charge in [0.1, 0.15) is 11.6 Å². The Labute approximate surface area is 211 Å². The number of hydrogen-bond donors (Lipinski definition) is 2. The van der Waals surface area contributed by atoms with Crippen LogP contribution in [0.2, 0.25) is 0 Å². The maximum Gasteiger partial charge on any atom is 0.225 e. The third-order valence-electron chi connectivity index (χ3n) is 6.85. The van der Waals surface area contributed by atoms with Gasteiger partial charge < -0.3 is 20.2 Å². The summed E-state index contributed by atoms with van der Waals surface area (Å²) in [6.45, 7) is 7.89. The van der Waals surface area contributed by atoms with Crippen molar-refractivity contribution in [2.75, 3.05) is 43.4 Å². The van der Waals surface area contributed by atoms with Gasteiger partial charge in [0, 0.05) is 32.7 Å². The Hall–Kier alpha value is -4.03. The highest BCUT2D eigenvalue weighted by Gasteiger charge is 2.22. The van der Waals surface area contributed by atoms with Crippen molar-refractivity contribution >= 4 is 28.3 Å². The fraction of sp³-hybridized carbons (Fsp3) is 0.360. The fourth-order valence-corrected chi connectivity index (χ4v) is 4.76. The van der Waals surface area contributed by atoms with Gasteiger partial charge in [-0.05, 0) is 43.7 Å². The summed E-state index contributed by atoms with van der Waals surface area (Å²) in [6.07, 6.45) is 1.10. The van der Waals surface area contributed by atoms with Crippen LogP contribution >= 0.6 is 0 Å². The molecule has 6 rings (SSSR count). The molecule has 0 spiro atoms. The molecule has 11 nitrogen and oxygen atoms in total. The first-order valence-corrected chi connectivity index (χ1v) is 12.3. The molecule has 192 valence electrons. The van der Waals surface area contributed by atoms with E-state index in [4.69, 9.17) is 10.2 Å². The molecule has 0 bridgehead atoms. The predicted octanol–water partition coefficient (Wildman–Crippen LogP) is 2.64. The van der Waals surface area contributed by atoms with Crippen molar-refractivity contribution in [2.45, 2.75) is 26.5 Å². The molecule has 0 amide bonds. The summed E-state index contributed by atoms with van der Waals surface area (Å²) in [7, 11) is 0. The van der Waals surface area contributed by atoms with Gasteiger partial charge in [0.15, 0.2) is 17.1 Å². The molecule has 3 N–H and O–H groups in total. The van der Waals surface area contributed by atoms with Crippen LogP contribution in [0.1, 0.15) is 24.4 Å². The highest BCUT2D eigenvalue weighted by atomic mass is 19.1. The van der Waals surface area contributed by atoms with Gasteiger partial charge in [-0.3, -0.25) is 4.90 Å². The number of aliphatic hydroxyl groups is 1. The van der Waals surface area contributed by atoms with E-state index in [1.807, 2.05) is 28.6 Å². The number of aryl methyl sites for hydroxylation is 1. The average molecular weight is 506 g/mol. The first kappa shape index (κ1) is 23.4. The van der Waals surface area contributed by atoms with Crippen LogP contribution in [0.15, 0.2) is 40.9 Å². The minimum atomic E-state index is -0.632.